The van der Waals surface area contributed by atoms with Gasteiger partial charge in [0.2, 0.25) is 0 Å². The fraction of sp³-hybridized carbons (Fsp3) is 0.0714. The molecule has 0 heterocycles. The second-order valence-electron chi connectivity index (χ2n) is 3.92. The maximum atomic E-state index is 5.95. The van der Waals surface area contributed by atoms with Crippen LogP contribution < -0.4 is 10.6 Å². The molecule has 2 nitrogen and oxygen atoms in total. The predicted octanol–water partition coefficient (Wildman–Crippen LogP) is 4.48. The van der Waals surface area contributed by atoms with Crippen LogP contribution in [0.25, 0.3) is 0 Å². The van der Waals surface area contributed by atoms with Crippen molar-refractivity contribution in [2.24, 2.45) is 0 Å². The molecule has 0 aliphatic carbocycles. The number of anilines is 1. The van der Waals surface area contributed by atoms with E-state index in [4.69, 9.17) is 35.4 Å². The number of benzene rings is 2. The number of halogens is 2. The fourth-order valence-corrected chi connectivity index (χ4v) is 2.04. The van der Waals surface area contributed by atoms with Crippen LogP contribution in [-0.2, 0) is 6.54 Å². The normalized spacial score (nSPS) is 10.0. The summed E-state index contributed by atoms with van der Waals surface area (Å²) in [6.07, 6.45) is 0. The Labute approximate surface area is 127 Å². The molecule has 5 heteroatoms. The van der Waals surface area contributed by atoms with Crippen LogP contribution in [-0.4, -0.2) is 5.11 Å². The second kappa shape index (κ2) is 6.75. The summed E-state index contributed by atoms with van der Waals surface area (Å²) in [6, 6.07) is 15.3. The summed E-state index contributed by atoms with van der Waals surface area (Å²) >= 11 is 17.0. The Kier molecular flexibility index (Phi) is 5.02. The molecule has 0 atom stereocenters. The first-order chi connectivity index (χ1) is 9.15. The van der Waals surface area contributed by atoms with E-state index in [0.717, 1.165) is 11.3 Å². The van der Waals surface area contributed by atoms with Gasteiger partial charge in [0.1, 0.15) is 0 Å². The standard InChI is InChI=1S/C14H12Cl2N2S/c15-12-7-6-10(8-13(12)16)9-17-14(19)18-11-4-2-1-3-5-11/h1-8H,9H2,(H2,17,18,19). The molecule has 0 aromatic heterocycles. The maximum absolute atomic E-state index is 5.95. The lowest BCUT2D eigenvalue weighted by Crippen LogP contribution is -2.27. The lowest BCUT2D eigenvalue weighted by Gasteiger charge is -2.10. The first-order valence-electron chi connectivity index (χ1n) is 5.69. The Morgan fingerprint density at radius 1 is 1.00 bits per heavy atom. The van der Waals surface area contributed by atoms with Crippen LogP contribution in [0.1, 0.15) is 5.56 Å². The summed E-state index contributed by atoms with van der Waals surface area (Å²) in [5.74, 6) is 0. The lowest BCUT2D eigenvalue weighted by atomic mass is 10.2. The molecule has 19 heavy (non-hydrogen) atoms. The molecule has 0 unspecified atom stereocenters. The minimum atomic E-state index is 0.544. The van der Waals surface area contributed by atoms with Crippen LogP contribution in [0.4, 0.5) is 5.69 Å². The largest absolute Gasteiger partial charge is 0.358 e. The zero-order valence-electron chi connectivity index (χ0n) is 9.99. The highest BCUT2D eigenvalue weighted by molar-refractivity contribution is 7.80. The van der Waals surface area contributed by atoms with Crippen LogP contribution in [0.3, 0.4) is 0 Å². The van der Waals surface area contributed by atoms with Crippen molar-refractivity contribution < 1.29 is 0 Å². The van der Waals surface area contributed by atoms with E-state index in [-0.39, 0.29) is 0 Å². The maximum Gasteiger partial charge on any atom is 0.171 e. The molecule has 2 aromatic carbocycles. The van der Waals surface area contributed by atoms with Gasteiger partial charge in [-0.3, -0.25) is 0 Å². The number of para-hydroxylation sites is 1. The van der Waals surface area contributed by atoms with E-state index >= 15 is 0 Å². The van der Waals surface area contributed by atoms with Crippen LogP contribution >= 0.6 is 35.4 Å². The van der Waals surface area contributed by atoms with Gasteiger partial charge in [-0.25, -0.2) is 0 Å². The minimum Gasteiger partial charge on any atom is -0.358 e. The zero-order valence-corrected chi connectivity index (χ0v) is 12.3. The molecule has 0 saturated carbocycles. The van der Waals surface area contributed by atoms with Gasteiger partial charge in [0, 0.05) is 12.2 Å². The lowest BCUT2D eigenvalue weighted by molar-refractivity contribution is 0.926. The van der Waals surface area contributed by atoms with Crippen LogP contribution in [0, 0.1) is 0 Å². The van der Waals surface area contributed by atoms with Gasteiger partial charge < -0.3 is 10.6 Å². The SMILES string of the molecule is S=C(NCc1ccc(Cl)c(Cl)c1)Nc1ccccc1. The highest BCUT2D eigenvalue weighted by Crippen LogP contribution is 2.22. The average molecular weight is 311 g/mol. The molecule has 2 rings (SSSR count). The smallest absolute Gasteiger partial charge is 0.171 e. The number of hydrogen-bond donors (Lipinski definition) is 2. The van der Waals surface area contributed by atoms with Gasteiger partial charge in [0.15, 0.2) is 5.11 Å². The van der Waals surface area contributed by atoms with Crippen LogP contribution in [0.5, 0.6) is 0 Å². The molecular weight excluding hydrogens is 299 g/mol. The van der Waals surface area contributed by atoms with Gasteiger partial charge >= 0.3 is 0 Å². The Morgan fingerprint density at radius 3 is 2.42 bits per heavy atom. The molecule has 0 saturated heterocycles. The second-order valence-corrected chi connectivity index (χ2v) is 5.14. The monoisotopic (exact) mass is 310 g/mol. The minimum absolute atomic E-state index is 0.544. The van der Waals surface area contributed by atoms with E-state index in [0.29, 0.717) is 21.7 Å². The number of thiocarbonyl (C=S) groups is 1. The molecule has 0 radical (unpaired) electrons. The molecule has 0 fully saturated rings. The number of rotatable bonds is 3. The van der Waals surface area contributed by atoms with Crippen LogP contribution in [0.2, 0.25) is 10.0 Å². The highest BCUT2D eigenvalue weighted by Gasteiger charge is 2.01. The molecule has 0 spiro atoms. The molecule has 2 N–H and O–H groups in total. The third-order valence-electron chi connectivity index (χ3n) is 2.47. The number of hydrogen-bond acceptors (Lipinski definition) is 1. The van der Waals surface area contributed by atoms with Gasteiger partial charge in [-0.05, 0) is 42.0 Å². The first kappa shape index (κ1) is 14.1. The van der Waals surface area contributed by atoms with E-state index in [1.807, 2.05) is 42.5 Å². The Hall–Kier alpha value is -1.29. The van der Waals surface area contributed by atoms with E-state index in [2.05, 4.69) is 10.6 Å². The van der Waals surface area contributed by atoms with Gasteiger partial charge in [0.05, 0.1) is 10.0 Å². The van der Waals surface area contributed by atoms with Gasteiger partial charge in [0.25, 0.3) is 0 Å². The third kappa shape index (κ3) is 4.39. The number of nitrogens with one attached hydrogen (secondary N) is 2. The van der Waals surface area contributed by atoms with Crippen molar-refractivity contribution in [2.45, 2.75) is 6.54 Å². The molecule has 0 aliphatic heterocycles. The molecular formula is C14H12Cl2N2S. The molecule has 98 valence electrons. The van der Waals surface area contributed by atoms with Gasteiger partial charge in [-0.2, -0.15) is 0 Å². The fourth-order valence-electron chi connectivity index (χ4n) is 1.53. The summed E-state index contributed by atoms with van der Waals surface area (Å²) < 4.78 is 0. The van der Waals surface area contributed by atoms with Crippen molar-refractivity contribution in [3.05, 3.63) is 64.1 Å². The van der Waals surface area contributed by atoms with Gasteiger partial charge in [-0.1, -0.05) is 47.5 Å². The van der Waals surface area contributed by atoms with E-state index in [1.165, 1.54) is 0 Å². The summed E-state index contributed by atoms with van der Waals surface area (Å²) in [5.41, 5.74) is 1.97. The quantitative estimate of drug-likeness (QED) is 0.817. The molecule has 0 bridgehead atoms. The molecule has 0 aliphatic rings. The van der Waals surface area contributed by atoms with E-state index in [9.17, 15) is 0 Å². The predicted molar refractivity (Wildman–Crippen MR) is 86.0 cm³/mol. The zero-order chi connectivity index (χ0) is 13.7. The van der Waals surface area contributed by atoms with E-state index in [1.54, 1.807) is 6.07 Å². The van der Waals surface area contributed by atoms with Crippen molar-refractivity contribution in [3.63, 3.8) is 0 Å². The van der Waals surface area contributed by atoms with Crippen molar-refractivity contribution in [2.75, 3.05) is 5.32 Å². The molecule has 0 amide bonds. The first-order valence-corrected chi connectivity index (χ1v) is 6.85. The molecule has 2 aromatic rings. The summed E-state index contributed by atoms with van der Waals surface area (Å²) in [7, 11) is 0. The topological polar surface area (TPSA) is 24.1 Å². The average Bonchev–Trinajstić information content (AvgIpc) is 2.41. The Morgan fingerprint density at radius 2 is 1.74 bits per heavy atom. The third-order valence-corrected chi connectivity index (χ3v) is 3.45. The summed E-state index contributed by atoms with van der Waals surface area (Å²) in [6.45, 7) is 0.593. The van der Waals surface area contributed by atoms with Crippen LogP contribution in [0.15, 0.2) is 48.5 Å². The Balaban J connectivity index is 1.88. The Bertz CT molecular complexity index is 573. The summed E-state index contributed by atoms with van der Waals surface area (Å²) in [4.78, 5) is 0. The van der Waals surface area contributed by atoms with E-state index < -0.39 is 0 Å². The summed E-state index contributed by atoms with van der Waals surface area (Å²) in [5, 5.41) is 7.87. The van der Waals surface area contributed by atoms with Crippen molar-refractivity contribution in [3.8, 4) is 0 Å². The van der Waals surface area contributed by atoms with Crippen molar-refractivity contribution in [1.82, 2.24) is 5.32 Å². The van der Waals surface area contributed by atoms with Gasteiger partial charge in [-0.15, -0.1) is 0 Å². The van der Waals surface area contributed by atoms with Crippen molar-refractivity contribution >= 4 is 46.2 Å². The highest BCUT2D eigenvalue weighted by atomic mass is 35.5. The van der Waals surface area contributed by atoms with Crippen molar-refractivity contribution in [1.29, 1.82) is 0 Å².